The molecule has 0 bridgehead atoms. The topological polar surface area (TPSA) is 12.9 Å². The fourth-order valence-electron chi connectivity index (χ4n) is 1.39. The van der Waals surface area contributed by atoms with Gasteiger partial charge in [-0.1, -0.05) is 30.3 Å². The van der Waals surface area contributed by atoms with Crippen molar-refractivity contribution in [1.29, 1.82) is 0 Å². The largest absolute Gasteiger partial charge is 0.255 e. The molecule has 1 heterocycles. The summed E-state index contributed by atoms with van der Waals surface area (Å²) in [5, 5.41) is 0. The number of hydrogen-bond donors (Lipinski definition) is 0. The molecule has 0 atom stereocenters. The highest BCUT2D eigenvalue weighted by Gasteiger charge is 2.14. The van der Waals surface area contributed by atoms with E-state index in [1.165, 1.54) is 0 Å². The van der Waals surface area contributed by atoms with Crippen molar-refractivity contribution >= 4 is 0 Å². The van der Waals surface area contributed by atoms with Gasteiger partial charge >= 0.3 is 0 Å². The summed E-state index contributed by atoms with van der Waals surface area (Å²) in [6.45, 7) is 0. The fraction of sp³-hybridized carbons (Fsp3) is 0.0833. The highest BCUT2D eigenvalue weighted by molar-refractivity contribution is 5.23. The van der Waals surface area contributed by atoms with E-state index in [2.05, 4.69) is 4.98 Å². The van der Waals surface area contributed by atoms with Crippen molar-refractivity contribution in [3.63, 3.8) is 0 Å². The third-order valence-corrected chi connectivity index (χ3v) is 2.20. The molecule has 1 aromatic carbocycles. The molecule has 0 aliphatic heterocycles. The molecular formula is C12H8F3N. The molecule has 4 heteroatoms. The first-order valence-corrected chi connectivity index (χ1v) is 4.71. The van der Waals surface area contributed by atoms with Crippen LogP contribution in [-0.2, 0) is 6.42 Å². The molecule has 0 radical (unpaired) electrons. The van der Waals surface area contributed by atoms with Crippen LogP contribution in [0.25, 0.3) is 0 Å². The Morgan fingerprint density at radius 1 is 0.938 bits per heavy atom. The van der Waals surface area contributed by atoms with Crippen molar-refractivity contribution in [2.24, 2.45) is 0 Å². The minimum Gasteiger partial charge on any atom is -0.255 e. The van der Waals surface area contributed by atoms with Gasteiger partial charge in [0.25, 0.3) is 0 Å². The second-order valence-electron chi connectivity index (χ2n) is 3.34. The Hall–Kier alpha value is -1.84. The molecule has 0 saturated heterocycles. The summed E-state index contributed by atoms with van der Waals surface area (Å²) in [5.41, 5.74) is 0.699. The van der Waals surface area contributed by atoms with Crippen LogP contribution in [0.15, 0.2) is 36.5 Å². The second kappa shape index (κ2) is 4.35. The van der Waals surface area contributed by atoms with Crippen LogP contribution in [-0.4, -0.2) is 4.98 Å². The number of hydrogen-bond acceptors (Lipinski definition) is 1. The molecule has 0 spiro atoms. The Labute approximate surface area is 90.6 Å². The first-order chi connectivity index (χ1) is 7.68. The van der Waals surface area contributed by atoms with Gasteiger partial charge in [-0.2, -0.15) is 0 Å². The van der Waals surface area contributed by atoms with Crippen LogP contribution in [0, 0.1) is 17.5 Å². The number of halogens is 3. The molecule has 0 saturated carbocycles. The molecule has 2 rings (SSSR count). The molecule has 1 nitrogen and oxygen atoms in total. The Morgan fingerprint density at radius 3 is 2.31 bits per heavy atom. The van der Waals surface area contributed by atoms with Crippen molar-refractivity contribution in [1.82, 2.24) is 4.98 Å². The SMILES string of the molecule is Fc1cnc(Cc2ccccc2)c(F)c1F. The van der Waals surface area contributed by atoms with Gasteiger partial charge in [0.1, 0.15) is 0 Å². The van der Waals surface area contributed by atoms with Gasteiger partial charge in [0.05, 0.1) is 11.9 Å². The summed E-state index contributed by atoms with van der Waals surface area (Å²) in [7, 11) is 0. The van der Waals surface area contributed by atoms with Crippen molar-refractivity contribution in [2.45, 2.75) is 6.42 Å². The summed E-state index contributed by atoms with van der Waals surface area (Å²) in [5.74, 6) is -3.96. The Kier molecular flexibility index (Phi) is 2.90. The average molecular weight is 223 g/mol. The van der Waals surface area contributed by atoms with E-state index >= 15 is 0 Å². The summed E-state index contributed by atoms with van der Waals surface area (Å²) < 4.78 is 38.8. The summed E-state index contributed by atoms with van der Waals surface area (Å²) in [6.07, 6.45) is 0.834. The van der Waals surface area contributed by atoms with Crippen molar-refractivity contribution in [2.75, 3.05) is 0 Å². The third-order valence-electron chi connectivity index (χ3n) is 2.20. The lowest BCUT2D eigenvalue weighted by Gasteiger charge is -2.03. The lowest BCUT2D eigenvalue weighted by Crippen LogP contribution is -2.02. The van der Waals surface area contributed by atoms with E-state index in [4.69, 9.17) is 0 Å². The van der Waals surface area contributed by atoms with E-state index in [0.29, 0.717) is 6.20 Å². The number of nitrogens with zero attached hydrogens (tertiary/aromatic N) is 1. The van der Waals surface area contributed by atoms with Crippen LogP contribution < -0.4 is 0 Å². The van der Waals surface area contributed by atoms with Gasteiger partial charge in [0, 0.05) is 6.42 Å². The van der Waals surface area contributed by atoms with Gasteiger partial charge in [-0.15, -0.1) is 0 Å². The predicted molar refractivity (Wildman–Crippen MR) is 53.4 cm³/mol. The molecular weight excluding hydrogens is 215 g/mol. The van der Waals surface area contributed by atoms with E-state index in [1.807, 2.05) is 6.07 Å². The molecule has 0 unspecified atom stereocenters. The van der Waals surface area contributed by atoms with Crippen LogP contribution in [0.2, 0.25) is 0 Å². The van der Waals surface area contributed by atoms with Crippen LogP contribution in [0.1, 0.15) is 11.3 Å². The smallest absolute Gasteiger partial charge is 0.197 e. The molecule has 0 N–H and O–H groups in total. The van der Waals surface area contributed by atoms with E-state index in [0.717, 1.165) is 5.56 Å². The fourth-order valence-corrected chi connectivity index (χ4v) is 1.39. The van der Waals surface area contributed by atoms with Crippen LogP contribution in [0.4, 0.5) is 13.2 Å². The first kappa shape index (κ1) is 10.7. The molecule has 82 valence electrons. The lowest BCUT2D eigenvalue weighted by molar-refractivity contribution is 0.434. The minimum absolute atomic E-state index is 0.0925. The number of benzene rings is 1. The standard InChI is InChI=1S/C12H8F3N/c13-9-7-16-10(12(15)11(9)14)6-8-4-2-1-3-5-8/h1-5,7H,6H2. The molecule has 0 fully saturated rings. The number of rotatable bonds is 2. The minimum atomic E-state index is -1.47. The maximum Gasteiger partial charge on any atom is 0.197 e. The predicted octanol–water partition coefficient (Wildman–Crippen LogP) is 3.09. The molecule has 0 aliphatic rings. The second-order valence-corrected chi connectivity index (χ2v) is 3.34. The average Bonchev–Trinajstić information content (AvgIpc) is 2.31. The van der Waals surface area contributed by atoms with E-state index in [-0.39, 0.29) is 12.1 Å². The van der Waals surface area contributed by atoms with Gasteiger partial charge in [-0.25, -0.2) is 13.2 Å². The Bertz CT molecular complexity index is 497. The van der Waals surface area contributed by atoms with Crippen LogP contribution >= 0.6 is 0 Å². The van der Waals surface area contributed by atoms with Crippen molar-refractivity contribution in [3.05, 3.63) is 65.2 Å². The van der Waals surface area contributed by atoms with E-state index in [1.54, 1.807) is 24.3 Å². The van der Waals surface area contributed by atoms with Gasteiger partial charge < -0.3 is 0 Å². The summed E-state index contributed by atoms with van der Waals surface area (Å²) in [4.78, 5) is 3.54. The molecule has 0 aliphatic carbocycles. The highest BCUT2D eigenvalue weighted by Crippen LogP contribution is 2.15. The Morgan fingerprint density at radius 2 is 1.62 bits per heavy atom. The summed E-state index contributed by atoms with van der Waals surface area (Å²) in [6, 6.07) is 8.92. The number of pyridine rings is 1. The van der Waals surface area contributed by atoms with Gasteiger partial charge in [0.2, 0.25) is 0 Å². The molecule has 2 aromatic rings. The monoisotopic (exact) mass is 223 g/mol. The van der Waals surface area contributed by atoms with Crippen molar-refractivity contribution < 1.29 is 13.2 Å². The molecule has 1 aromatic heterocycles. The van der Waals surface area contributed by atoms with Crippen molar-refractivity contribution in [3.8, 4) is 0 Å². The zero-order valence-electron chi connectivity index (χ0n) is 8.25. The summed E-state index contributed by atoms with van der Waals surface area (Å²) >= 11 is 0. The molecule has 0 amide bonds. The quantitative estimate of drug-likeness (QED) is 0.762. The van der Waals surface area contributed by atoms with Gasteiger partial charge in [0.15, 0.2) is 17.5 Å². The lowest BCUT2D eigenvalue weighted by atomic mass is 10.1. The maximum absolute atomic E-state index is 13.3. The van der Waals surface area contributed by atoms with E-state index < -0.39 is 17.5 Å². The zero-order chi connectivity index (χ0) is 11.5. The molecule has 16 heavy (non-hydrogen) atoms. The van der Waals surface area contributed by atoms with Gasteiger partial charge in [-0.05, 0) is 5.56 Å². The van der Waals surface area contributed by atoms with Crippen LogP contribution in [0.3, 0.4) is 0 Å². The maximum atomic E-state index is 13.3. The van der Waals surface area contributed by atoms with E-state index in [9.17, 15) is 13.2 Å². The zero-order valence-corrected chi connectivity index (χ0v) is 8.25. The normalized spacial score (nSPS) is 10.4. The number of aromatic nitrogens is 1. The first-order valence-electron chi connectivity index (χ1n) is 4.71. The van der Waals surface area contributed by atoms with Gasteiger partial charge in [-0.3, -0.25) is 4.98 Å². The van der Waals surface area contributed by atoms with Crippen LogP contribution in [0.5, 0.6) is 0 Å². The highest BCUT2D eigenvalue weighted by atomic mass is 19.2. The Balaban J connectivity index is 2.33. The third kappa shape index (κ3) is 2.05.